The van der Waals surface area contributed by atoms with Gasteiger partial charge in [0.25, 0.3) is 5.89 Å². The predicted molar refractivity (Wildman–Crippen MR) is 40.5 cm³/mol. The average Bonchev–Trinajstić information content (AvgIpc) is 2.55. The molecule has 2 rings (SSSR count). The molecule has 0 amide bonds. The quantitative estimate of drug-likeness (QED) is 0.669. The van der Waals surface area contributed by atoms with Gasteiger partial charge < -0.3 is 4.42 Å². The van der Waals surface area contributed by atoms with Gasteiger partial charge in [0.2, 0.25) is 11.4 Å². The lowest BCUT2D eigenvalue weighted by Gasteiger charge is -1.78. The van der Waals surface area contributed by atoms with E-state index in [-0.39, 0.29) is 0 Å². The van der Waals surface area contributed by atoms with Gasteiger partial charge in [0.15, 0.2) is 4.34 Å². The van der Waals surface area contributed by atoms with Gasteiger partial charge in [-0.3, -0.25) is 0 Å². The third-order valence-electron chi connectivity index (χ3n) is 0.957. The van der Waals surface area contributed by atoms with Gasteiger partial charge in [-0.15, -0.1) is 33.0 Å². The van der Waals surface area contributed by atoms with Crippen molar-refractivity contribution >= 4 is 24.0 Å². The summed E-state index contributed by atoms with van der Waals surface area (Å²) in [7, 11) is 0. The first-order valence-corrected chi connectivity index (χ1v) is 3.91. The molecule has 7 heteroatoms. The summed E-state index contributed by atoms with van der Waals surface area (Å²) in [4.78, 5) is 0. The van der Waals surface area contributed by atoms with Gasteiger partial charge in [-0.2, -0.15) is 0 Å². The molecule has 5 nitrogen and oxygen atoms in total. The fourth-order valence-corrected chi connectivity index (χ4v) is 1.38. The van der Waals surface area contributed by atoms with Gasteiger partial charge in [0.05, 0.1) is 0 Å². The minimum absolute atomic E-state index is 0.378. The van der Waals surface area contributed by atoms with Crippen LogP contribution in [-0.2, 0) is 0 Å². The fraction of sp³-hybridized carbons (Fsp3) is 0. The lowest BCUT2D eigenvalue weighted by molar-refractivity contribution is 0.567. The first kappa shape index (κ1) is 6.74. The van der Waals surface area contributed by atoms with Gasteiger partial charge in [0.1, 0.15) is 0 Å². The molecule has 0 fully saturated rings. The fourth-order valence-electron chi connectivity index (χ4n) is 0.568. The van der Waals surface area contributed by atoms with Gasteiger partial charge in [-0.05, 0) is 0 Å². The highest BCUT2D eigenvalue weighted by molar-refractivity contribution is 7.82. The van der Waals surface area contributed by atoms with Crippen molar-refractivity contribution in [1.82, 2.24) is 20.4 Å². The van der Waals surface area contributed by atoms with Crippen LogP contribution < -0.4 is 0 Å². The number of rotatable bonds is 1. The Morgan fingerprint density at radius 3 is 2.82 bits per heavy atom. The van der Waals surface area contributed by atoms with E-state index in [0.29, 0.717) is 15.2 Å². The van der Waals surface area contributed by atoms with E-state index in [1.54, 1.807) is 0 Å². The largest absolute Gasteiger partial charge is 0.421 e. The van der Waals surface area contributed by atoms with Gasteiger partial charge in [-0.1, -0.05) is 11.3 Å². The van der Waals surface area contributed by atoms with E-state index in [9.17, 15) is 0 Å². The van der Waals surface area contributed by atoms with E-state index in [4.69, 9.17) is 4.42 Å². The Labute approximate surface area is 70.9 Å². The lowest BCUT2D eigenvalue weighted by atomic mass is 10.7. The van der Waals surface area contributed by atoms with Crippen LogP contribution in [0.1, 0.15) is 0 Å². The van der Waals surface area contributed by atoms with Crippen molar-refractivity contribution in [1.29, 1.82) is 0 Å². The Balaban J connectivity index is 2.45. The zero-order valence-corrected chi connectivity index (χ0v) is 6.84. The van der Waals surface area contributed by atoms with E-state index in [1.807, 2.05) is 0 Å². The van der Waals surface area contributed by atoms with Crippen LogP contribution in [0.3, 0.4) is 0 Å². The number of thiol groups is 1. The smallest absolute Gasteiger partial charge is 0.278 e. The molecule has 0 spiro atoms. The van der Waals surface area contributed by atoms with Crippen LogP contribution in [0.2, 0.25) is 0 Å². The highest BCUT2D eigenvalue weighted by Gasteiger charge is 2.08. The van der Waals surface area contributed by atoms with Crippen LogP contribution in [0.25, 0.3) is 10.9 Å². The molecule has 0 atom stereocenters. The van der Waals surface area contributed by atoms with Crippen molar-refractivity contribution in [2.75, 3.05) is 0 Å². The van der Waals surface area contributed by atoms with E-state index in [0.717, 1.165) is 0 Å². The topological polar surface area (TPSA) is 64.7 Å². The van der Waals surface area contributed by atoms with Crippen LogP contribution in [0.5, 0.6) is 0 Å². The number of hydrogen-bond donors (Lipinski definition) is 1. The summed E-state index contributed by atoms with van der Waals surface area (Å²) in [6.45, 7) is 0. The molecule has 0 aliphatic carbocycles. The molecule has 0 aliphatic rings. The first-order valence-electron chi connectivity index (χ1n) is 2.65. The molecule has 0 saturated carbocycles. The van der Waals surface area contributed by atoms with Crippen molar-refractivity contribution in [3.8, 4) is 10.9 Å². The van der Waals surface area contributed by atoms with E-state index in [2.05, 4.69) is 33.0 Å². The standard InChI is InChI=1S/C4H2N4OS2/c10-4-8-7-3(11-4)2-6-5-1-9-2/h1H,(H,8,10). The minimum atomic E-state index is 0.378. The number of hydrogen-bond acceptors (Lipinski definition) is 7. The van der Waals surface area contributed by atoms with Crippen LogP contribution in [0.4, 0.5) is 0 Å². The summed E-state index contributed by atoms with van der Waals surface area (Å²) in [6, 6.07) is 0. The Morgan fingerprint density at radius 2 is 2.27 bits per heavy atom. The van der Waals surface area contributed by atoms with Crippen molar-refractivity contribution in [2.45, 2.75) is 4.34 Å². The molecule has 0 bridgehead atoms. The third-order valence-corrected chi connectivity index (χ3v) is 2.03. The second-order valence-corrected chi connectivity index (χ2v) is 3.34. The zero-order chi connectivity index (χ0) is 7.68. The molecule has 0 aliphatic heterocycles. The molecule has 0 aromatic carbocycles. The van der Waals surface area contributed by atoms with Crippen molar-refractivity contribution in [3.63, 3.8) is 0 Å². The summed E-state index contributed by atoms with van der Waals surface area (Å²) < 4.78 is 5.47. The van der Waals surface area contributed by atoms with Crippen LogP contribution in [0, 0.1) is 0 Å². The molecule has 2 heterocycles. The normalized spacial score (nSPS) is 10.3. The highest BCUT2D eigenvalue weighted by atomic mass is 32.2. The molecular formula is C4H2N4OS2. The summed E-state index contributed by atoms with van der Waals surface area (Å²) in [5.41, 5.74) is 0. The lowest BCUT2D eigenvalue weighted by Crippen LogP contribution is -1.75. The Bertz CT molecular complexity index is 343. The Morgan fingerprint density at radius 1 is 1.36 bits per heavy atom. The average molecular weight is 186 g/mol. The van der Waals surface area contributed by atoms with Crippen LogP contribution in [0.15, 0.2) is 15.2 Å². The second kappa shape index (κ2) is 2.59. The molecule has 2 aromatic rings. The maximum absolute atomic E-state index is 4.88. The Kier molecular flexibility index (Phi) is 1.59. The molecule has 0 saturated heterocycles. The summed E-state index contributed by atoms with van der Waals surface area (Å²) >= 11 is 5.28. The minimum Gasteiger partial charge on any atom is -0.421 e. The van der Waals surface area contributed by atoms with Crippen LogP contribution >= 0.6 is 24.0 Å². The molecule has 0 N–H and O–H groups in total. The summed E-state index contributed by atoms with van der Waals surface area (Å²) in [6.07, 6.45) is 1.24. The SMILES string of the molecule is Sc1nnc(-c2nnco2)s1. The third kappa shape index (κ3) is 1.24. The van der Waals surface area contributed by atoms with Crippen LogP contribution in [-0.4, -0.2) is 20.4 Å². The highest BCUT2D eigenvalue weighted by Crippen LogP contribution is 2.22. The van der Waals surface area contributed by atoms with Crippen molar-refractivity contribution in [3.05, 3.63) is 6.39 Å². The van der Waals surface area contributed by atoms with Gasteiger partial charge >= 0.3 is 0 Å². The summed E-state index contributed by atoms with van der Waals surface area (Å²) in [5.74, 6) is 0.378. The molecule has 0 unspecified atom stereocenters. The maximum Gasteiger partial charge on any atom is 0.278 e. The van der Waals surface area contributed by atoms with Gasteiger partial charge in [-0.25, -0.2) is 0 Å². The van der Waals surface area contributed by atoms with Gasteiger partial charge in [0, 0.05) is 0 Å². The zero-order valence-electron chi connectivity index (χ0n) is 5.13. The monoisotopic (exact) mass is 186 g/mol. The number of nitrogens with zero attached hydrogens (tertiary/aromatic N) is 4. The van der Waals surface area contributed by atoms with E-state index in [1.165, 1.54) is 17.7 Å². The molecular weight excluding hydrogens is 184 g/mol. The second-order valence-electron chi connectivity index (χ2n) is 1.63. The van der Waals surface area contributed by atoms with E-state index >= 15 is 0 Å². The maximum atomic E-state index is 4.88. The Hall–Kier alpha value is -0.950. The summed E-state index contributed by atoms with van der Waals surface area (Å²) in [5, 5.41) is 15.2. The van der Waals surface area contributed by atoms with E-state index < -0.39 is 0 Å². The molecule has 56 valence electrons. The predicted octanol–water partition coefficient (Wildman–Crippen LogP) is 0.877. The van der Waals surface area contributed by atoms with Crippen molar-refractivity contribution < 1.29 is 4.42 Å². The molecule has 0 radical (unpaired) electrons. The molecule has 2 aromatic heterocycles. The molecule has 11 heavy (non-hydrogen) atoms. The first-order chi connectivity index (χ1) is 5.36. The van der Waals surface area contributed by atoms with Crippen molar-refractivity contribution in [2.24, 2.45) is 0 Å². The number of aromatic nitrogens is 4.